The lowest BCUT2D eigenvalue weighted by Gasteiger charge is -2.30. The smallest absolute Gasteiger partial charge is 0.223 e. The maximum Gasteiger partial charge on any atom is 0.223 e. The fourth-order valence-electron chi connectivity index (χ4n) is 4.73. The molecule has 1 saturated carbocycles. The van der Waals surface area contributed by atoms with Crippen molar-refractivity contribution in [1.29, 1.82) is 0 Å². The van der Waals surface area contributed by atoms with Crippen LogP contribution in [0.25, 0.3) is 0 Å². The van der Waals surface area contributed by atoms with Gasteiger partial charge in [-0.1, -0.05) is 49.6 Å². The zero-order valence-electron chi connectivity index (χ0n) is 18.2. The third kappa shape index (κ3) is 4.98. The zero-order chi connectivity index (χ0) is 20.9. The molecule has 2 aliphatic rings. The maximum absolute atomic E-state index is 12.6. The number of carbonyl (C=O) groups excluding carboxylic acids is 1. The molecule has 1 amide bonds. The second-order valence-electron chi connectivity index (χ2n) is 8.71. The monoisotopic (exact) mass is 407 g/mol. The SMILES string of the molecule is CNc1cc([C@@H]2CC(=O)N(Cc3ccccc3)C2)nc(CN(C)C2CCCCC2)n1. The van der Waals surface area contributed by atoms with Crippen LogP contribution in [-0.2, 0) is 17.9 Å². The number of likely N-dealkylation sites (tertiary alicyclic amines) is 1. The Bertz CT molecular complexity index is 850. The first-order valence-corrected chi connectivity index (χ1v) is 11.2. The summed E-state index contributed by atoms with van der Waals surface area (Å²) in [5.74, 6) is 2.00. The normalized spacial score (nSPS) is 20.2. The van der Waals surface area contributed by atoms with E-state index in [9.17, 15) is 4.79 Å². The van der Waals surface area contributed by atoms with Crippen molar-refractivity contribution in [3.8, 4) is 0 Å². The van der Waals surface area contributed by atoms with E-state index in [0.29, 0.717) is 25.6 Å². The van der Waals surface area contributed by atoms with Crippen LogP contribution in [0, 0.1) is 0 Å². The van der Waals surface area contributed by atoms with Gasteiger partial charge < -0.3 is 10.2 Å². The minimum atomic E-state index is 0.120. The van der Waals surface area contributed by atoms with Gasteiger partial charge in [0, 0.05) is 44.6 Å². The van der Waals surface area contributed by atoms with E-state index in [0.717, 1.165) is 23.9 Å². The van der Waals surface area contributed by atoms with Crippen LogP contribution in [0.5, 0.6) is 0 Å². The van der Waals surface area contributed by atoms with Crippen molar-refractivity contribution in [2.45, 2.75) is 63.6 Å². The quantitative estimate of drug-likeness (QED) is 0.756. The number of carbonyl (C=O) groups is 1. The summed E-state index contributed by atoms with van der Waals surface area (Å²) in [6.45, 7) is 2.13. The molecule has 1 atom stereocenters. The molecule has 30 heavy (non-hydrogen) atoms. The van der Waals surface area contributed by atoms with E-state index < -0.39 is 0 Å². The predicted octanol–water partition coefficient (Wildman–Crippen LogP) is 3.80. The van der Waals surface area contributed by atoms with Gasteiger partial charge in [0.2, 0.25) is 5.91 Å². The minimum Gasteiger partial charge on any atom is -0.373 e. The summed E-state index contributed by atoms with van der Waals surface area (Å²) in [5, 5.41) is 3.18. The fraction of sp³-hybridized carbons (Fsp3) is 0.542. The lowest BCUT2D eigenvalue weighted by molar-refractivity contribution is -0.128. The third-order valence-corrected chi connectivity index (χ3v) is 6.49. The Labute approximate surface area is 179 Å². The Balaban J connectivity index is 1.46. The van der Waals surface area contributed by atoms with Crippen LogP contribution in [0.4, 0.5) is 5.82 Å². The standard InChI is InChI=1S/C24H33N5O/c1-25-22-14-21(26-23(27-22)17-28(2)20-11-7-4-8-12-20)19-13-24(30)29(16-19)15-18-9-5-3-6-10-18/h3,5-6,9-10,14,19-20H,4,7-8,11-13,15-17H2,1-2H3,(H,25,26,27)/t19-/m1/s1. The number of nitrogens with one attached hydrogen (secondary N) is 1. The van der Waals surface area contributed by atoms with Crippen LogP contribution in [0.15, 0.2) is 36.4 Å². The number of benzene rings is 1. The molecule has 2 heterocycles. The van der Waals surface area contributed by atoms with Crippen LogP contribution in [-0.4, -0.2) is 52.4 Å². The van der Waals surface area contributed by atoms with Gasteiger partial charge in [0.25, 0.3) is 0 Å². The number of rotatable bonds is 7. The Morgan fingerprint density at radius 1 is 1.13 bits per heavy atom. The summed E-state index contributed by atoms with van der Waals surface area (Å²) in [6, 6.07) is 12.8. The number of aromatic nitrogens is 2. The van der Waals surface area contributed by atoms with Gasteiger partial charge in [0.05, 0.1) is 12.2 Å². The number of hydrogen-bond donors (Lipinski definition) is 1. The number of hydrogen-bond acceptors (Lipinski definition) is 5. The molecule has 2 fully saturated rings. The molecule has 160 valence electrons. The van der Waals surface area contributed by atoms with E-state index in [4.69, 9.17) is 9.97 Å². The molecule has 0 radical (unpaired) electrons. The van der Waals surface area contributed by atoms with Crippen LogP contribution >= 0.6 is 0 Å². The van der Waals surface area contributed by atoms with Crippen molar-refractivity contribution in [1.82, 2.24) is 19.8 Å². The molecular formula is C24H33N5O. The molecule has 1 aromatic carbocycles. The largest absolute Gasteiger partial charge is 0.373 e. The van der Waals surface area contributed by atoms with Crippen molar-refractivity contribution in [2.24, 2.45) is 0 Å². The first-order chi connectivity index (χ1) is 14.6. The lowest BCUT2D eigenvalue weighted by atomic mass is 9.94. The van der Waals surface area contributed by atoms with E-state index in [2.05, 4.69) is 29.4 Å². The second kappa shape index (κ2) is 9.56. The summed E-state index contributed by atoms with van der Waals surface area (Å²) < 4.78 is 0. The van der Waals surface area contributed by atoms with Crippen molar-refractivity contribution >= 4 is 11.7 Å². The Hall–Kier alpha value is -2.47. The van der Waals surface area contributed by atoms with Gasteiger partial charge in [-0.15, -0.1) is 0 Å². The molecule has 1 aromatic heterocycles. The highest BCUT2D eigenvalue weighted by atomic mass is 16.2. The van der Waals surface area contributed by atoms with E-state index >= 15 is 0 Å². The van der Waals surface area contributed by atoms with Gasteiger partial charge >= 0.3 is 0 Å². The molecular weight excluding hydrogens is 374 g/mol. The van der Waals surface area contributed by atoms with Crippen LogP contribution < -0.4 is 5.32 Å². The highest BCUT2D eigenvalue weighted by molar-refractivity contribution is 5.79. The van der Waals surface area contributed by atoms with Gasteiger partial charge in [0.15, 0.2) is 0 Å². The number of anilines is 1. The lowest BCUT2D eigenvalue weighted by Crippen LogP contribution is -2.33. The van der Waals surface area contributed by atoms with Gasteiger partial charge in [-0.25, -0.2) is 9.97 Å². The Kier molecular flexibility index (Phi) is 6.62. The molecule has 6 heteroatoms. The molecule has 1 saturated heterocycles. The molecule has 1 N–H and O–H groups in total. The van der Waals surface area contributed by atoms with Crippen molar-refractivity contribution in [2.75, 3.05) is 26.0 Å². The molecule has 2 aromatic rings. The van der Waals surface area contributed by atoms with E-state index in [-0.39, 0.29) is 11.8 Å². The molecule has 0 spiro atoms. The van der Waals surface area contributed by atoms with E-state index in [1.165, 1.54) is 37.7 Å². The highest BCUT2D eigenvalue weighted by Crippen LogP contribution is 2.30. The number of nitrogens with zero attached hydrogens (tertiary/aromatic N) is 4. The molecule has 0 bridgehead atoms. The molecule has 1 aliphatic carbocycles. The summed E-state index contributed by atoms with van der Waals surface area (Å²) in [5.41, 5.74) is 2.14. The number of amides is 1. The second-order valence-corrected chi connectivity index (χ2v) is 8.71. The fourth-order valence-corrected chi connectivity index (χ4v) is 4.73. The topological polar surface area (TPSA) is 61.4 Å². The van der Waals surface area contributed by atoms with Crippen LogP contribution in [0.3, 0.4) is 0 Å². The zero-order valence-corrected chi connectivity index (χ0v) is 18.2. The minimum absolute atomic E-state index is 0.120. The van der Waals surface area contributed by atoms with Crippen LogP contribution in [0.1, 0.15) is 61.5 Å². The highest BCUT2D eigenvalue weighted by Gasteiger charge is 2.32. The van der Waals surface area contributed by atoms with Crippen molar-refractivity contribution in [3.63, 3.8) is 0 Å². The predicted molar refractivity (Wildman–Crippen MR) is 119 cm³/mol. The van der Waals surface area contributed by atoms with Crippen molar-refractivity contribution < 1.29 is 4.79 Å². The summed E-state index contributed by atoms with van der Waals surface area (Å²) in [6.07, 6.45) is 7.04. The average molecular weight is 408 g/mol. The van der Waals surface area contributed by atoms with Crippen molar-refractivity contribution in [3.05, 3.63) is 53.5 Å². The maximum atomic E-state index is 12.6. The summed E-state index contributed by atoms with van der Waals surface area (Å²) in [7, 11) is 4.08. The third-order valence-electron chi connectivity index (χ3n) is 6.49. The van der Waals surface area contributed by atoms with Gasteiger partial charge in [-0.3, -0.25) is 9.69 Å². The van der Waals surface area contributed by atoms with Gasteiger partial charge in [0.1, 0.15) is 11.6 Å². The van der Waals surface area contributed by atoms with E-state index in [1.807, 2.05) is 36.2 Å². The van der Waals surface area contributed by atoms with Crippen LogP contribution in [0.2, 0.25) is 0 Å². The molecule has 4 rings (SSSR count). The Morgan fingerprint density at radius 2 is 1.90 bits per heavy atom. The molecule has 6 nitrogen and oxygen atoms in total. The van der Waals surface area contributed by atoms with Gasteiger partial charge in [-0.2, -0.15) is 0 Å². The van der Waals surface area contributed by atoms with Gasteiger partial charge in [-0.05, 0) is 25.5 Å². The first-order valence-electron chi connectivity index (χ1n) is 11.2. The average Bonchev–Trinajstić information content (AvgIpc) is 3.15. The molecule has 1 aliphatic heterocycles. The summed E-state index contributed by atoms with van der Waals surface area (Å²) >= 11 is 0. The first kappa shape index (κ1) is 20.8. The summed E-state index contributed by atoms with van der Waals surface area (Å²) in [4.78, 5) is 26.6. The Morgan fingerprint density at radius 3 is 2.63 bits per heavy atom. The van der Waals surface area contributed by atoms with E-state index in [1.54, 1.807) is 0 Å². The molecule has 0 unspecified atom stereocenters.